The van der Waals surface area contributed by atoms with E-state index in [4.69, 9.17) is 0 Å². The number of hydrogen-bond donors (Lipinski definition) is 2. The highest BCUT2D eigenvalue weighted by Gasteiger charge is 2.30. The molecule has 1 aliphatic heterocycles. The zero-order valence-electron chi connectivity index (χ0n) is 15.5. The van der Waals surface area contributed by atoms with Crippen molar-refractivity contribution < 1.29 is 0 Å². The maximum Gasteiger partial charge on any atom is 0.191 e. The quantitative estimate of drug-likeness (QED) is 0.376. The van der Waals surface area contributed by atoms with Gasteiger partial charge in [0.15, 0.2) is 5.96 Å². The summed E-state index contributed by atoms with van der Waals surface area (Å²) in [5.41, 5.74) is 0. The molecule has 1 aromatic heterocycles. The van der Waals surface area contributed by atoms with E-state index in [2.05, 4.69) is 32.4 Å². The molecule has 1 atom stereocenters. The standard InChI is InChI=1S/C18H31N5S.HI/c1-3-16-12-21-17(24-16)8-10-20-18(19-2)22-14-9-11-23(13-14)15-6-4-5-7-15;/h12,14-15H,3-11,13H2,1-2H3,(H2,19,20,22);1H. The molecule has 1 unspecified atom stereocenters. The Balaban J connectivity index is 0.00000225. The molecule has 1 aliphatic carbocycles. The van der Waals surface area contributed by atoms with Gasteiger partial charge in [-0.05, 0) is 25.7 Å². The van der Waals surface area contributed by atoms with Crippen LogP contribution in [0.4, 0.5) is 0 Å². The molecule has 0 bridgehead atoms. The molecule has 2 fully saturated rings. The molecule has 5 nitrogen and oxygen atoms in total. The van der Waals surface area contributed by atoms with Gasteiger partial charge in [-0.1, -0.05) is 19.8 Å². The zero-order valence-corrected chi connectivity index (χ0v) is 18.6. The van der Waals surface area contributed by atoms with Crippen molar-refractivity contribution >= 4 is 41.3 Å². The fourth-order valence-corrected chi connectivity index (χ4v) is 4.67. The lowest BCUT2D eigenvalue weighted by Crippen LogP contribution is -2.45. The molecule has 1 aromatic rings. The monoisotopic (exact) mass is 477 g/mol. The predicted octanol–water partition coefficient (Wildman–Crippen LogP) is 3.05. The number of rotatable bonds is 6. The molecule has 0 amide bonds. The van der Waals surface area contributed by atoms with E-state index in [-0.39, 0.29) is 24.0 Å². The number of aliphatic imine (C=N–C) groups is 1. The van der Waals surface area contributed by atoms with Crippen LogP contribution in [0.25, 0.3) is 0 Å². The summed E-state index contributed by atoms with van der Waals surface area (Å²) in [4.78, 5) is 12.9. The highest BCUT2D eigenvalue weighted by atomic mass is 127. The predicted molar refractivity (Wildman–Crippen MR) is 117 cm³/mol. The van der Waals surface area contributed by atoms with Crippen LogP contribution in [0.1, 0.15) is 48.9 Å². The Kier molecular flexibility index (Phi) is 8.92. The van der Waals surface area contributed by atoms with Gasteiger partial charge in [-0.25, -0.2) is 4.98 Å². The van der Waals surface area contributed by atoms with Crippen LogP contribution in [0.5, 0.6) is 0 Å². The summed E-state index contributed by atoms with van der Waals surface area (Å²) in [5, 5.41) is 8.26. The van der Waals surface area contributed by atoms with Crippen LogP contribution >= 0.6 is 35.3 Å². The van der Waals surface area contributed by atoms with Gasteiger partial charge in [0, 0.05) is 56.3 Å². The number of aromatic nitrogens is 1. The van der Waals surface area contributed by atoms with Gasteiger partial charge in [0.2, 0.25) is 0 Å². The minimum absolute atomic E-state index is 0. The molecule has 2 N–H and O–H groups in total. The maximum atomic E-state index is 4.48. The first-order chi connectivity index (χ1) is 11.8. The van der Waals surface area contributed by atoms with E-state index in [1.54, 1.807) is 0 Å². The van der Waals surface area contributed by atoms with E-state index in [1.165, 1.54) is 48.5 Å². The molecule has 0 spiro atoms. The maximum absolute atomic E-state index is 4.48. The summed E-state index contributed by atoms with van der Waals surface area (Å²) < 4.78 is 0. The SMILES string of the molecule is CCc1cnc(CCNC(=NC)NC2CCN(C3CCCC3)C2)s1.I. The summed E-state index contributed by atoms with van der Waals surface area (Å²) in [6, 6.07) is 1.37. The minimum atomic E-state index is 0. The Hall–Kier alpha value is -0.410. The molecular weight excluding hydrogens is 445 g/mol. The Morgan fingerprint density at radius 3 is 2.84 bits per heavy atom. The molecule has 0 aromatic carbocycles. The zero-order chi connectivity index (χ0) is 16.8. The van der Waals surface area contributed by atoms with E-state index >= 15 is 0 Å². The van der Waals surface area contributed by atoms with Crippen molar-refractivity contribution in [3.05, 3.63) is 16.1 Å². The Bertz CT molecular complexity index is 541. The second kappa shape index (κ2) is 10.7. The van der Waals surface area contributed by atoms with Crippen molar-refractivity contribution in [2.75, 3.05) is 26.7 Å². The topological polar surface area (TPSA) is 52.6 Å². The van der Waals surface area contributed by atoms with Crippen LogP contribution < -0.4 is 10.6 Å². The van der Waals surface area contributed by atoms with Gasteiger partial charge in [0.25, 0.3) is 0 Å². The van der Waals surface area contributed by atoms with Crippen molar-refractivity contribution in [2.24, 2.45) is 4.99 Å². The number of guanidine groups is 1. The first kappa shape index (κ1) is 20.9. The summed E-state index contributed by atoms with van der Waals surface area (Å²) in [7, 11) is 1.86. The van der Waals surface area contributed by atoms with E-state index in [1.807, 2.05) is 24.6 Å². The Morgan fingerprint density at radius 1 is 1.36 bits per heavy atom. The second-order valence-electron chi connectivity index (χ2n) is 6.89. The van der Waals surface area contributed by atoms with Gasteiger partial charge < -0.3 is 10.6 Å². The number of thiazole rings is 1. The highest BCUT2D eigenvalue weighted by Crippen LogP contribution is 2.26. The largest absolute Gasteiger partial charge is 0.356 e. The van der Waals surface area contributed by atoms with Crippen molar-refractivity contribution in [2.45, 2.75) is 64.0 Å². The van der Waals surface area contributed by atoms with Crippen LogP contribution in [0, 0.1) is 0 Å². The van der Waals surface area contributed by atoms with Gasteiger partial charge in [-0.2, -0.15) is 0 Å². The van der Waals surface area contributed by atoms with E-state index in [9.17, 15) is 0 Å². The molecular formula is C18H32IN5S. The van der Waals surface area contributed by atoms with Gasteiger partial charge in [0.05, 0.1) is 5.01 Å². The number of nitrogens with one attached hydrogen (secondary N) is 2. The molecule has 7 heteroatoms. The molecule has 1 saturated heterocycles. The van der Waals surface area contributed by atoms with Gasteiger partial charge in [-0.15, -0.1) is 35.3 Å². The van der Waals surface area contributed by atoms with Crippen LogP contribution in [-0.2, 0) is 12.8 Å². The molecule has 25 heavy (non-hydrogen) atoms. The normalized spacial score (nSPS) is 22.2. The molecule has 1 saturated carbocycles. The number of aryl methyl sites for hydroxylation is 1. The minimum Gasteiger partial charge on any atom is -0.356 e. The number of halogens is 1. The van der Waals surface area contributed by atoms with Crippen LogP contribution in [0.2, 0.25) is 0 Å². The lowest BCUT2D eigenvalue weighted by atomic mass is 10.2. The van der Waals surface area contributed by atoms with Crippen molar-refractivity contribution in [3.63, 3.8) is 0 Å². The lowest BCUT2D eigenvalue weighted by molar-refractivity contribution is 0.242. The molecule has 2 heterocycles. The number of hydrogen-bond acceptors (Lipinski definition) is 4. The van der Waals surface area contributed by atoms with Crippen LogP contribution in [-0.4, -0.2) is 54.6 Å². The lowest BCUT2D eigenvalue weighted by Gasteiger charge is -2.24. The average Bonchev–Trinajstić information content (AvgIpc) is 3.34. The van der Waals surface area contributed by atoms with E-state index < -0.39 is 0 Å². The molecule has 3 rings (SSSR count). The van der Waals surface area contributed by atoms with Crippen LogP contribution in [0.15, 0.2) is 11.2 Å². The Labute approximate surface area is 173 Å². The van der Waals surface area contributed by atoms with E-state index in [0.29, 0.717) is 6.04 Å². The highest BCUT2D eigenvalue weighted by molar-refractivity contribution is 14.0. The third-order valence-electron chi connectivity index (χ3n) is 5.21. The first-order valence-corrected chi connectivity index (χ1v) is 10.2. The fourth-order valence-electron chi connectivity index (χ4n) is 3.81. The van der Waals surface area contributed by atoms with Gasteiger partial charge in [-0.3, -0.25) is 9.89 Å². The summed E-state index contributed by atoms with van der Waals surface area (Å²) in [5.74, 6) is 0.931. The van der Waals surface area contributed by atoms with Gasteiger partial charge >= 0.3 is 0 Å². The number of likely N-dealkylation sites (tertiary alicyclic amines) is 1. The summed E-state index contributed by atoms with van der Waals surface area (Å²) >= 11 is 1.82. The van der Waals surface area contributed by atoms with Crippen molar-refractivity contribution in [3.8, 4) is 0 Å². The van der Waals surface area contributed by atoms with Crippen LogP contribution in [0.3, 0.4) is 0 Å². The Morgan fingerprint density at radius 2 is 2.16 bits per heavy atom. The average molecular weight is 477 g/mol. The molecule has 142 valence electrons. The third kappa shape index (κ3) is 6.06. The molecule has 0 radical (unpaired) electrons. The summed E-state index contributed by atoms with van der Waals surface area (Å²) in [6.07, 6.45) is 10.9. The fraction of sp³-hybridized carbons (Fsp3) is 0.778. The summed E-state index contributed by atoms with van der Waals surface area (Å²) in [6.45, 7) is 5.46. The van der Waals surface area contributed by atoms with Crippen molar-refractivity contribution in [1.82, 2.24) is 20.5 Å². The van der Waals surface area contributed by atoms with Crippen molar-refractivity contribution in [1.29, 1.82) is 0 Å². The number of nitrogens with zero attached hydrogens (tertiary/aromatic N) is 3. The molecule has 2 aliphatic rings. The smallest absolute Gasteiger partial charge is 0.191 e. The third-order valence-corrected chi connectivity index (χ3v) is 6.41. The second-order valence-corrected chi connectivity index (χ2v) is 8.09. The van der Waals surface area contributed by atoms with Gasteiger partial charge in [0.1, 0.15) is 0 Å². The van der Waals surface area contributed by atoms with E-state index in [0.717, 1.165) is 37.9 Å². The first-order valence-electron chi connectivity index (χ1n) is 9.43.